The van der Waals surface area contributed by atoms with Crippen LogP contribution >= 0.6 is 22.6 Å². The van der Waals surface area contributed by atoms with Crippen LogP contribution in [0.25, 0.3) is 0 Å². The van der Waals surface area contributed by atoms with Crippen LogP contribution in [0.4, 0.5) is 4.39 Å². The van der Waals surface area contributed by atoms with E-state index in [4.69, 9.17) is 9.84 Å². The lowest BCUT2D eigenvalue weighted by Crippen LogP contribution is -2.06. The molecule has 1 aromatic carbocycles. The van der Waals surface area contributed by atoms with Gasteiger partial charge in [0.1, 0.15) is 5.82 Å². The molecule has 0 heterocycles. The first kappa shape index (κ1) is 10.9. The Balaban J connectivity index is 2.70. The van der Waals surface area contributed by atoms with E-state index in [1.165, 1.54) is 19.1 Å². The highest BCUT2D eigenvalue weighted by atomic mass is 127. The van der Waals surface area contributed by atoms with Crippen LogP contribution in [0.5, 0.6) is 0 Å². The zero-order chi connectivity index (χ0) is 9.84. The molecule has 1 unspecified atom stereocenters. The van der Waals surface area contributed by atoms with Crippen molar-refractivity contribution in [3.05, 3.63) is 33.1 Å². The zero-order valence-electron chi connectivity index (χ0n) is 7.13. The molecule has 0 spiro atoms. The zero-order valence-corrected chi connectivity index (χ0v) is 9.29. The number of benzene rings is 1. The second-order valence-corrected chi connectivity index (χ2v) is 3.81. The summed E-state index contributed by atoms with van der Waals surface area (Å²) in [5.74, 6) is -0.287. The van der Waals surface area contributed by atoms with Gasteiger partial charge in [-0.3, -0.25) is 0 Å². The van der Waals surface area contributed by atoms with Crippen molar-refractivity contribution < 1.29 is 14.2 Å². The number of halogens is 2. The average Bonchev–Trinajstić information content (AvgIpc) is 2.06. The summed E-state index contributed by atoms with van der Waals surface area (Å²) in [5, 5.41) is 8.86. The largest absolute Gasteiger partial charge is 0.368 e. The molecule has 0 saturated heterocycles. The Hall–Kier alpha value is -0.200. The normalized spacial score (nSPS) is 12.9. The van der Waals surface area contributed by atoms with Crippen LogP contribution in [0, 0.1) is 9.39 Å². The minimum Gasteiger partial charge on any atom is -0.368 e. The number of rotatable bonds is 3. The lowest BCUT2D eigenvalue weighted by Gasteiger charge is -2.08. The molecule has 0 aromatic heterocycles. The summed E-state index contributed by atoms with van der Waals surface area (Å²) in [6, 6.07) is 4.48. The molecule has 1 atom stereocenters. The first-order valence-electron chi connectivity index (χ1n) is 3.83. The van der Waals surface area contributed by atoms with Crippen LogP contribution in [0.2, 0.25) is 0 Å². The summed E-state index contributed by atoms with van der Waals surface area (Å²) in [6.45, 7) is 1.75. The summed E-state index contributed by atoms with van der Waals surface area (Å²) in [4.78, 5) is 0. The molecule has 13 heavy (non-hydrogen) atoms. The molecule has 1 N–H and O–H groups in total. The van der Waals surface area contributed by atoms with Crippen LogP contribution in [0.3, 0.4) is 0 Å². The molecule has 0 aliphatic carbocycles. The minimum absolute atomic E-state index is 0.230. The molecule has 1 aromatic rings. The standard InChI is InChI=1S/C9H10FIO2/c1-6(12)13-5-7-4-8(10)2-3-9(7)11/h2-4,6,12H,5H2,1H3. The third-order valence-electron chi connectivity index (χ3n) is 1.49. The first-order valence-corrected chi connectivity index (χ1v) is 4.91. The summed E-state index contributed by atoms with van der Waals surface area (Å²) >= 11 is 2.10. The van der Waals surface area contributed by atoms with Crippen LogP contribution < -0.4 is 0 Å². The number of hydrogen-bond donors (Lipinski definition) is 1. The summed E-state index contributed by atoms with van der Waals surface area (Å²) < 4.78 is 18.6. The van der Waals surface area contributed by atoms with Gasteiger partial charge in [0.05, 0.1) is 6.61 Å². The highest BCUT2D eigenvalue weighted by Crippen LogP contribution is 2.15. The van der Waals surface area contributed by atoms with E-state index in [9.17, 15) is 4.39 Å². The number of ether oxygens (including phenoxy) is 1. The maximum atomic E-state index is 12.8. The fourth-order valence-corrected chi connectivity index (χ4v) is 1.36. The Labute approximate surface area is 89.9 Å². The summed E-state index contributed by atoms with van der Waals surface area (Å²) in [6.07, 6.45) is -0.820. The summed E-state index contributed by atoms with van der Waals surface area (Å²) in [7, 11) is 0. The molecule has 2 nitrogen and oxygen atoms in total. The summed E-state index contributed by atoms with van der Waals surface area (Å²) in [5.41, 5.74) is 0.751. The van der Waals surface area contributed by atoms with Crippen molar-refractivity contribution in [2.75, 3.05) is 0 Å². The van der Waals surface area contributed by atoms with Gasteiger partial charge < -0.3 is 9.84 Å². The van der Waals surface area contributed by atoms with E-state index >= 15 is 0 Å². The lowest BCUT2D eigenvalue weighted by molar-refractivity contribution is -0.0941. The van der Waals surface area contributed by atoms with Crippen molar-refractivity contribution in [3.8, 4) is 0 Å². The van der Waals surface area contributed by atoms with Gasteiger partial charge in [-0.05, 0) is 53.3 Å². The quantitative estimate of drug-likeness (QED) is 0.685. The van der Waals surface area contributed by atoms with E-state index in [1.54, 1.807) is 6.07 Å². The molecule has 72 valence electrons. The first-order chi connectivity index (χ1) is 6.09. The molecular formula is C9H10FIO2. The Bertz CT molecular complexity index is 289. The number of hydrogen-bond acceptors (Lipinski definition) is 2. The second kappa shape index (κ2) is 4.88. The fourth-order valence-electron chi connectivity index (χ4n) is 0.864. The van der Waals surface area contributed by atoms with Gasteiger partial charge in [0.25, 0.3) is 0 Å². The predicted octanol–water partition coefficient (Wildman–Crippen LogP) is 2.29. The highest BCUT2D eigenvalue weighted by molar-refractivity contribution is 14.1. The average molecular weight is 296 g/mol. The molecule has 0 amide bonds. The maximum absolute atomic E-state index is 12.8. The van der Waals surface area contributed by atoms with Crippen LogP contribution in [-0.4, -0.2) is 11.4 Å². The van der Waals surface area contributed by atoms with Gasteiger partial charge >= 0.3 is 0 Å². The molecule has 0 fully saturated rings. The van der Waals surface area contributed by atoms with Gasteiger partial charge in [0.2, 0.25) is 0 Å². The van der Waals surface area contributed by atoms with Crippen LogP contribution in [0.15, 0.2) is 18.2 Å². The Morgan fingerprint density at radius 2 is 2.31 bits per heavy atom. The third kappa shape index (κ3) is 3.58. The Kier molecular flexibility index (Phi) is 4.08. The second-order valence-electron chi connectivity index (χ2n) is 2.65. The number of aliphatic hydroxyl groups excluding tert-OH is 1. The molecule has 0 radical (unpaired) electrons. The van der Waals surface area contributed by atoms with E-state index < -0.39 is 6.29 Å². The Morgan fingerprint density at radius 1 is 1.62 bits per heavy atom. The van der Waals surface area contributed by atoms with E-state index in [2.05, 4.69) is 22.6 Å². The van der Waals surface area contributed by atoms with Crippen LogP contribution in [-0.2, 0) is 11.3 Å². The SMILES string of the molecule is CC(O)OCc1cc(F)ccc1I. The molecule has 0 aliphatic heterocycles. The molecule has 0 aliphatic rings. The monoisotopic (exact) mass is 296 g/mol. The maximum Gasteiger partial charge on any atom is 0.152 e. The smallest absolute Gasteiger partial charge is 0.152 e. The third-order valence-corrected chi connectivity index (χ3v) is 2.54. The number of aliphatic hydroxyl groups is 1. The molecule has 0 bridgehead atoms. The van der Waals surface area contributed by atoms with Gasteiger partial charge in [-0.1, -0.05) is 0 Å². The molecule has 1 rings (SSSR count). The molecule has 0 saturated carbocycles. The van der Waals surface area contributed by atoms with Crippen molar-refractivity contribution in [2.45, 2.75) is 19.8 Å². The van der Waals surface area contributed by atoms with Crippen molar-refractivity contribution in [1.82, 2.24) is 0 Å². The van der Waals surface area contributed by atoms with Gasteiger partial charge in [0.15, 0.2) is 6.29 Å². The molecular weight excluding hydrogens is 286 g/mol. The van der Waals surface area contributed by atoms with Gasteiger partial charge in [0, 0.05) is 3.57 Å². The van der Waals surface area contributed by atoms with E-state index in [0.717, 1.165) is 9.13 Å². The van der Waals surface area contributed by atoms with Crippen molar-refractivity contribution in [2.24, 2.45) is 0 Å². The highest BCUT2D eigenvalue weighted by Gasteiger charge is 2.03. The van der Waals surface area contributed by atoms with E-state index in [-0.39, 0.29) is 12.4 Å². The van der Waals surface area contributed by atoms with Gasteiger partial charge in [-0.25, -0.2) is 4.39 Å². The lowest BCUT2D eigenvalue weighted by atomic mass is 10.2. The van der Waals surface area contributed by atoms with Crippen molar-refractivity contribution in [1.29, 1.82) is 0 Å². The van der Waals surface area contributed by atoms with Gasteiger partial charge in [-0.15, -0.1) is 0 Å². The minimum atomic E-state index is -0.820. The van der Waals surface area contributed by atoms with Crippen molar-refractivity contribution in [3.63, 3.8) is 0 Å². The van der Waals surface area contributed by atoms with Crippen molar-refractivity contribution >= 4 is 22.6 Å². The predicted molar refractivity (Wildman–Crippen MR) is 55.6 cm³/mol. The topological polar surface area (TPSA) is 29.5 Å². The van der Waals surface area contributed by atoms with E-state index in [1.807, 2.05) is 0 Å². The fraction of sp³-hybridized carbons (Fsp3) is 0.333. The Morgan fingerprint density at radius 3 is 2.92 bits per heavy atom. The van der Waals surface area contributed by atoms with Gasteiger partial charge in [-0.2, -0.15) is 0 Å². The van der Waals surface area contributed by atoms with E-state index in [0.29, 0.717) is 0 Å². The molecule has 4 heteroatoms. The van der Waals surface area contributed by atoms with Crippen LogP contribution in [0.1, 0.15) is 12.5 Å².